The second kappa shape index (κ2) is 7.12. The molecule has 0 spiro atoms. The fraction of sp³-hybridized carbons (Fsp3) is 0.462. The molecule has 0 aromatic heterocycles. The maximum atomic E-state index is 12.1. The zero-order chi connectivity index (χ0) is 12.3. The first-order valence-electron chi connectivity index (χ1n) is 5.94. The highest BCUT2D eigenvalue weighted by Crippen LogP contribution is 2.15. The Bertz CT molecular complexity index is 399. The van der Waals surface area contributed by atoms with E-state index in [0.29, 0.717) is 0 Å². The van der Waals surface area contributed by atoms with Crippen molar-refractivity contribution in [2.24, 2.45) is 0 Å². The molecule has 1 aliphatic rings. The molecule has 0 radical (unpaired) electrons. The second-order valence-electron chi connectivity index (χ2n) is 4.53. The monoisotopic (exact) mass is 332 g/mol. The molecule has 0 aliphatic carbocycles. The Morgan fingerprint density at radius 3 is 2.83 bits per heavy atom. The summed E-state index contributed by atoms with van der Waals surface area (Å²) in [6.45, 7) is 3.92. The third kappa shape index (κ3) is 4.26. The van der Waals surface area contributed by atoms with Crippen molar-refractivity contribution in [2.45, 2.75) is 25.8 Å². The van der Waals surface area contributed by atoms with E-state index in [1.54, 1.807) is 0 Å². The molecule has 0 bridgehead atoms. The number of rotatable bonds is 2. The number of aryl methyl sites for hydroxylation is 1. The predicted molar refractivity (Wildman–Crippen MR) is 79.5 cm³/mol. The number of nitrogens with one attached hydrogen (secondary N) is 2. The highest BCUT2D eigenvalue weighted by molar-refractivity contribution is 9.10. The normalized spacial score (nSPS) is 18.9. The molecule has 1 aromatic rings. The molecule has 1 saturated heterocycles. The van der Waals surface area contributed by atoms with Gasteiger partial charge in [-0.25, -0.2) is 0 Å². The Kier molecular flexibility index (Phi) is 6.12. The van der Waals surface area contributed by atoms with E-state index < -0.39 is 0 Å². The van der Waals surface area contributed by atoms with Crippen molar-refractivity contribution in [3.63, 3.8) is 0 Å². The molecular formula is C13H18BrClN2O. The number of hydrogen-bond acceptors (Lipinski definition) is 2. The second-order valence-corrected chi connectivity index (χ2v) is 5.45. The zero-order valence-corrected chi connectivity index (χ0v) is 12.7. The van der Waals surface area contributed by atoms with Gasteiger partial charge in [-0.1, -0.05) is 15.9 Å². The Labute approximate surface area is 122 Å². The van der Waals surface area contributed by atoms with Gasteiger partial charge in [-0.15, -0.1) is 12.4 Å². The zero-order valence-electron chi connectivity index (χ0n) is 10.3. The van der Waals surface area contributed by atoms with E-state index in [9.17, 15) is 4.79 Å². The van der Waals surface area contributed by atoms with Gasteiger partial charge in [-0.2, -0.15) is 0 Å². The van der Waals surface area contributed by atoms with E-state index in [-0.39, 0.29) is 24.4 Å². The molecule has 5 heteroatoms. The van der Waals surface area contributed by atoms with Gasteiger partial charge in [0.1, 0.15) is 0 Å². The van der Waals surface area contributed by atoms with Crippen molar-refractivity contribution < 1.29 is 4.79 Å². The van der Waals surface area contributed by atoms with E-state index >= 15 is 0 Å². The molecule has 1 aliphatic heterocycles. The maximum absolute atomic E-state index is 12.1. The average Bonchev–Trinajstić information content (AvgIpc) is 2.29. The lowest BCUT2D eigenvalue weighted by atomic mass is 10.1. The van der Waals surface area contributed by atoms with Crippen molar-refractivity contribution in [3.05, 3.63) is 33.8 Å². The van der Waals surface area contributed by atoms with Crippen molar-refractivity contribution in [1.29, 1.82) is 0 Å². The molecule has 0 unspecified atom stereocenters. The Morgan fingerprint density at radius 2 is 2.22 bits per heavy atom. The van der Waals surface area contributed by atoms with Gasteiger partial charge < -0.3 is 10.6 Å². The van der Waals surface area contributed by atoms with E-state index in [1.165, 1.54) is 0 Å². The lowest BCUT2D eigenvalue weighted by Crippen LogP contribution is -2.45. The molecular weight excluding hydrogens is 316 g/mol. The van der Waals surface area contributed by atoms with Crippen LogP contribution >= 0.6 is 28.3 Å². The maximum Gasteiger partial charge on any atom is 0.251 e. The van der Waals surface area contributed by atoms with Crippen LogP contribution in [0.15, 0.2) is 22.7 Å². The number of benzene rings is 1. The number of halogens is 2. The Hall–Kier alpha value is -0.580. The minimum Gasteiger partial charge on any atom is -0.348 e. The van der Waals surface area contributed by atoms with E-state index in [4.69, 9.17) is 0 Å². The van der Waals surface area contributed by atoms with Gasteiger partial charge in [0.2, 0.25) is 0 Å². The van der Waals surface area contributed by atoms with Crippen LogP contribution in [0.2, 0.25) is 0 Å². The molecule has 1 heterocycles. The molecule has 3 nitrogen and oxygen atoms in total. The largest absolute Gasteiger partial charge is 0.348 e. The molecule has 1 fully saturated rings. The fourth-order valence-corrected chi connectivity index (χ4v) is 2.72. The number of piperidine rings is 1. The van der Waals surface area contributed by atoms with Gasteiger partial charge in [-0.3, -0.25) is 4.79 Å². The van der Waals surface area contributed by atoms with E-state index in [0.717, 1.165) is 41.5 Å². The summed E-state index contributed by atoms with van der Waals surface area (Å²) in [4.78, 5) is 12.1. The minimum absolute atomic E-state index is 0. The summed E-state index contributed by atoms with van der Waals surface area (Å²) >= 11 is 3.41. The summed E-state index contributed by atoms with van der Waals surface area (Å²) in [7, 11) is 0. The standard InChI is InChI=1S/C13H17BrN2O.ClH/c1-9-5-10(7-11(14)6-9)13(17)16-12-3-2-4-15-8-12;/h5-7,12,15H,2-4,8H2,1H3,(H,16,17);1H/t12-;/m1./s1. The van der Waals surface area contributed by atoms with Crippen LogP contribution in [-0.4, -0.2) is 25.0 Å². The van der Waals surface area contributed by atoms with Crippen molar-refractivity contribution in [1.82, 2.24) is 10.6 Å². The SMILES string of the molecule is Cc1cc(Br)cc(C(=O)N[C@@H]2CCCNC2)c1.Cl. The van der Waals surface area contributed by atoms with Crippen LogP contribution in [0.5, 0.6) is 0 Å². The summed E-state index contributed by atoms with van der Waals surface area (Å²) in [5, 5.41) is 6.36. The number of hydrogen-bond donors (Lipinski definition) is 2. The first-order chi connectivity index (χ1) is 8.15. The smallest absolute Gasteiger partial charge is 0.251 e. The molecule has 0 saturated carbocycles. The average molecular weight is 334 g/mol. The van der Waals surface area contributed by atoms with E-state index in [1.807, 2.05) is 25.1 Å². The summed E-state index contributed by atoms with van der Waals surface area (Å²) in [6, 6.07) is 6.03. The van der Waals surface area contributed by atoms with Crippen molar-refractivity contribution in [2.75, 3.05) is 13.1 Å². The third-order valence-corrected chi connectivity index (χ3v) is 3.39. The molecule has 18 heavy (non-hydrogen) atoms. The van der Waals surface area contributed by atoms with Crippen LogP contribution in [0.1, 0.15) is 28.8 Å². The minimum atomic E-state index is 0. The summed E-state index contributed by atoms with van der Waals surface area (Å²) < 4.78 is 0.949. The van der Waals surface area contributed by atoms with Crippen LogP contribution in [0, 0.1) is 6.92 Å². The first-order valence-corrected chi connectivity index (χ1v) is 6.73. The Balaban J connectivity index is 0.00000162. The first kappa shape index (κ1) is 15.5. The molecule has 1 atom stereocenters. The van der Waals surface area contributed by atoms with Gasteiger partial charge >= 0.3 is 0 Å². The highest BCUT2D eigenvalue weighted by atomic mass is 79.9. The lowest BCUT2D eigenvalue weighted by Gasteiger charge is -2.23. The van der Waals surface area contributed by atoms with Gasteiger partial charge in [0.25, 0.3) is 5.91 Å². The van der Waals surface area contributed by atoms with Crippen LogP contribution < -0.4 is 10.6 Å². The predicted octanol–water partition coefficient (Wildman–Crippen LogP) is 2.66. The number of carbonyl (C=O) groups is 1. The highest BCUT2D eigenvalue weighted by Gasteiger charge is 2.16. The summed E-state index contributed by atoms with van der Waals surface area (Å²) in [5.74, 6) is 0.0168. The van der Waals surface area contributed by atoms with E-state index in [2.05, 4.69) is 26.6 Å². The van der Waals surface area contributed by atoms with Crippen LogP contribution in [0.4, 0.5) is 0 Å². The summed E-state index contributed by atoms with van der Waals surface area (Å²) in [6.07, 6.45) is 2.19. The topological polar surface area (TPSA) is 41.1 Å². The number of amides is 1. The third-order valence-electron chi connectivity index (χ3n) is 2.94. The number of carbonyl (C=O) groups excluding carboxylic acids is 1. The van der Waals surface area contributed by atoms with Gasteiger partial charge in [0, 0.05) is 22.6 Å². The fourth-order valence-electron chi connectivity index (χ4n) is 2.11. The summed E-state index contributed by atoms with van der Waals surface area (Å²) in [5.41, 5.74) is 1.81. The van der Waals surface area contributed by atoms with Gasteiger partial charge in [0.05, 0.1) is 0 Å². The van der Waals surface area contributed by atoms with Crippen LogP contribution in [0.25, 0.3) is 0 Å². The quantitative estimate of drug-likeness (QED) is 0.873. The molecule has 2 rings (SSSR count). The lowest BCUT2D eigenvalue weighted by molar-refractivity contribution is 0.0930. The van der Waals surface area contributed by atoms with Gasteiger partial charge in [-0.05, 0) is 50.1 Å². The van der Waals surface area contributed by atoms with Crippen molar-refractivity contribution in [3.8, 4) is 0 Å². The molecule has 100 valence electrons. The van der Waals surface area contributed by atoms with Crippen LogP contribution in [0.3, 0.4) is 0 Å². The molecule has 1 aromatic carbocycles. The molecule has 1 amide bonds. The molecule has 2 N–H and O–H groups in total. The Morgan fingerprint density at radius 1 is 1.44 bits per heavy atom. The van der Waals surface area contributed by atoms with Crippen LogP contribution in [-0.2, 0) is 0 Å². The van der Waals surface area contributed by atoms with Crippen molar-refractivity contribution >= 4 is 34.2 Å². The van der Waals surface area contributed by atoms with Gasteiger partial charge in [0.15, 0.2) is 0 Å².